The van der Waals surface area contributed by atoms with Crippen LogP contribution in [0.25, 0.3) is 11.2 Å². The van der Waals surface area contributed by atoms with Crippen molar-refractivity contribution in [3.63, 3.8) is 0 Å². The molecule has 2 unspecified atom stereocenters. The maximum Gasteiger partial charge on any atom is 0.332 e. The Bertz CT molecular complexity index is 1610. The molecule has 2 aliphatic rings. The molecule has 0 bridgehead atoms. The van der Waals surface area contributed by atoms with Gasteiger partial charge in [-0.05, 0) is 12.1 Å². The van der Waals surface area contributed by atoms with Crippen LogP contribution >= 0.6 is 0 Å². The van der Waals surface area contributed by atoms with E-state index in [0.29, 0.717) is 37.6 Å². The van der Waals surface area contributed by atoms with Gasteiger partial charge in [0.25, 0.3) is 5.56 Å². The zero-order valence-corrected chi connectivity index (χ0v) is 21.9. The van der Waals surface area contributed by atoms with E-state index < -0.39 is 29.2 Å². The Morgan fingerprint density at radius 2 is 1.82 bits per heavy atom. The molecule has 4 heterocycles. The standard InChI is InChI=1S/C26H29FN8O4/c1-16-18(5-4-6-19(16)27)24(37)34-11-9-33(10-12-34)17-7-8-20(28-13-17)30-21(36)14-35-15-29-23-22(35)25(38)32(3)26(39)31(23)2/h4-8,13,15-16,19H,9-12,14H2,1-3H3,(H,28,30,36). The fourth-order valence-corrected chi connectivity index (χ4v) is 4.87. The van der Waals surface area contributed by atoms with Crippen molar-refractivity contribution in [2.75, 3.05) is 36.4 Å². The van der Waals surface area contributed by atoms with E-state index in [-0.39, 0.29) is 23.6 Å². The lowest BCUT2D eigenvalue weighted by Gasteiger charge is -2.37. The number of alkyl halides is 1. The molecular formula is C26H29FN8O4. The maximum atomic E-state index is 14.0. The van der Waals surface area contributed by atoms with Gasteiger partial charge in [0.05, 0.1) is 18.2 Å². The number of carbonyl (C=O) groups excluding carboxylic acids is 2. The number of hydrogen-bond donors (Lipinski definition) is 1. The number of aromatic nitrogens is 5. The molecule has 2 atom stereocenters. The lowest BCUT2D eigenvalue weighted by molar-refractivity contribution is -0.128. The Kier molecular flexibility index (Phi) is 6.89. The Hall–Kier alpha value is -4.55. The van der Waals surface area contributed by atoms with Crippen molar-refractivity contribution >= 4 is 34.5 Å². The average molecular weight is 537 g/mol. The first-order chi connectivity index (χ1) is 18.7. The van der Waals surface area contributed by atoms with Crippen LogP contribution in [0.2, 0.25) is 0 Å². The Morgan fingerprint density at radius 1 is 1.08 bits per heavy atom. The van der Waals surface area contributed by atoms with Crippen LogP contribution in [0.4, 0.5) is 15.9 Å². The lowest BCUT2D eigenvalue weighted by Crippen LogP contribution is -2.50. The van der Waals surface area contributed by atoms with Gasteiger partial charge in [-0.15, -0.1) is 0 Å². The zero-order chi connectivity index (χ0) is 27.8. The number of piperazine rings is 1. The van der Waals surface area contributed by atoms with Crippen LogP contribution in [0, 0.1) is 5.92 Å². The van der Waals surface area contributed by atoms with Crippen LogP contribution in [0.1, 0.15) is 6.92 Å². The van der Waals surface area contributed by atoms with Crippen molar-refractivity contribution in [1.29, 1.82) is 0 Å². The van der Waals surface area contributed by atoms with Crippen LogP contribution in [0.15, 0.2) is 58.0 Å². The number of hydrogen-bond acceptors (Lipinski definition) is 7. The molecule has 1 fully saturated rings. The van der Waals surface area contributed by atoms with E-state index in [9.17, 15) is 23.6 Å². The molecule has 204 valence electrons. The Labute approximate surface area is 222 Å². The van der Waals surface area contributed by atoms with Gasteiger partial charge in [0.1, 0.15) is 18.5 Å². The zero-order valence-electron chi connectivity index (χ0n) is 21.9. The van der Waals surface area contributed by atoms with Gasteiger partial charge in [0.15, 0.2) is 11.2 Å². The van der Waals surface area contributed by atoms with Crippen LogP contribution < -0.4 is 21.5 Å². The molecule has 39 heavy (non-hydrogen) atoms. The highest BCUT2D eigenvalue weighted by Crippen LogP contribution is 2.26. The third kappa shape index (κ3) is 4.87. The summed E-state index contributed by atoms with van der Waals surface area (Å²) < 4.78 is 17.6. The fraction of sp³-hybridized carbons (Fsp3) is 0.385. The second-order valence-electron chi connectivity index (χ2n) is 9.72. The number of allylic oxidation sites excluding steroid dienone is 3. The highest BCUT2D eigenvalue weighted by molar-refractivity contribution is 5.95. The minimum absolute atomic E-state index is 0.129. The second-order valence-corrected chi connectivity index (χ2v) is 9.72. The number of carbonyl (C=O) groups is 2. The van der Waals surface area contributed by atoms with Crippen molar-refractivity contribution < 1.29 is 14.0 Å². The number of anilines is 2. The van der Waals surface area contributed by atoms with Crippen molar-refractivity contribution in [3.8, 4) is 0 Å². The molecule has 1 N–H and O–H groups in total. The van der Waals surface area contributed by atoms with Crippen LogP contribution in [-0.2, 0) is 30.2 Å². The number of pyridine rings is 1. The third-order valence-corrected chi connectivity index (χ3v) is 7.26. The van der Waals surface area contributed by atoms with E-state index in [0.717, 1.165) is 10.3 Å². The molecular weight excluding hydrogens is 507 g/mol. The average Bonchev–Trinajstić information content (AvgIpc) is 3.36. The SMILES string of the molecule is CC1C(C(=O)N2CCN(c3ccc(NC(=O)Cn4cnc5c4c(=O)n(C)c(=O)n5C)nc3)CC2)=CC=CC1F. The number of rotatable bonds is 5. The number of fused-ring (bicyclic) bond motifs is 1. The molecule has 0 aromatic carbocycles. The summed E-state index contributed by atoms with van der Waals surface area (Å²) in [5.74, 6) is -0.654. The Morgan fingerprint density at radius 3 is 2.51 bits per heavy atom. The number of halogens is 1. The van der Waals surface area contributed by atoms with E-state index in [1.165, 1.54) is 35.6 Å². The largest absolute Gasteiger partial charge is 0.367 e. The number of aryl methyl sites for hydroxylation is 1. The van der Waals surface area contributed by atoms with Crippen LogP contribution in [-0.4, -0.2) is 72.7 Å². The molecule has 5 rings (SSSR count). The smallest absolute Gasteiger partial charge is 0.332 e. The molecule has 12 nitrogen and oxygen atoms in total. The first kappa shape index (κ1) is 26.1. The van der Waals surface area contributed by atoms with Gasteiger partial charge in [-0.25, -0.2) is 19.2 Å². The summed E-state index contributed by atoms with van der Waals surface area (Å²) in [6.07, 6.45) is 6.61. The predicted octanol–water partition coefficient (Wildman–Crippen LogP) is 0.586. The highest BCUT2D eigenvalue weighted by Gasteiger charge is 2.30. The Balaban J connectivity index is 1.19. The predicted molar refractivity (Wildman–Crippen MR) is 143 cm³/mol. The summed E-state index contributed by atoms with van der Waals surface area (Å²) in [6.45, 7) is 3.75. The molecule has 1 aliphatic heterocycles. The molecule has 0 spiro atoms. The van der Waals surface area contributed by atoms with Gasteiger partial charge in [0, 0.05) is 51.8 Å². The summed E-state index contributed by atoms with van der Waals surface area (Å²) >= 11 is 0. The monoisotopic (exact) mass is 536 g/mol. The van der Waals surface area contributed by atoms with Gasteiger partial charge < -0.3 is 19.7 Å². The number of amides is 2. The molecule has 3 aromatic heterocycles. The van der Waals surface area contributed by atoms with Gasteiger partial charge in [0.2, 0.25) is 11.8 Å². The molecule has 3 aromatic rings. The molecule has 1 saturated heterocycles. The van der Waals surface area contributed by atoms with E-state index in [1.807, 2.05) is 6.07 Å². The van der Waals surface area contributed by atoms with E-state index >= 15 is 0 Å². The van der Waals surface area contributed by atoms with Crippen molar-refractivity contribution in [1.82, 2.24) is 28.6 Å². The quantitative estimate of drug-likeness (QED) is 0.506. The number of nitrogens with zero attached hydrogens (tertiary/aromatic N) is 7. The van der Waals surface area contributed by atoms with E-state index in [2.05, 4.69) is 20.2 Å². The van der Waals surface area contributed by atoms with Crippen LogP contribution in [0.5, 0.6) is 0 Å². The maximum absolute atomic E-state index is 14.0. The van der Waals surface area contributed by atoms with Crippen molar-refractivity contribution in [3.05, 3.63) is 69.3 Å². The van der Waals surface area contributed by atoms with Crippen molar-refractivity contribution in [2.24, 2.45) is 20.0 Å². The third-order valence-electron chi connectivity index (χ3n) is 7.26. The summed E-state index contributed by atoms with van der Waals surface area (Å²) in [4.78, 5) is 62.6. The number of nitrogens with one attached hydrogen (secondary N) is 1. The molecule has 2 amide bonds. The first-order valence-electron chi connectivity index (χ1n) is 12.6. The highest BCUT2D eigenvalue weighted by atomic mass is 19.1. The van der Waals surface area contributed by atoms with Gasteiger partial charge in [-0.3, -0.25) is 23.5 Å². The minimum Gasteiger partial charge on any atom is -0.367 e. The molecule has 0 radical (unpaired) electrons. The normalized spacial score (nSPS) is 19.3. The van der Waals surface area contributed by atoms with Gasteiger partial charge in [-0.1, -0.05) is 25.2 Å². The number of imidazole rings is 1. The summed E-state index contributed by atoms with van der Waals surface area (Å²) in [6, 6.07) is 3.52. The minimum atomic E-state index is -1.15. The van der Waals surface area contributed by atoms with E-state index in [1.54, 1.807) is 36.2 Å². The van der Waals surface area contributed by atoms with Gasteiger partial charge >= 0.3 is 5.69 Å². The summed E-state index contributed by atoms with van der Waals surface area (Å²) in [7, 11) is 2.88. The van der Waals surface area contributed by atoms with Gasteiger partial charge in [-0.2, -0.15) is 0 Å². The summed E-state index contributed by atoms with van der Waals surface area (Å²) in [5, 5.41) is 2.71. The topological polar surface area (TPSA) is 127 Å². The van der Waals surface area contributed by atoms with Crippen molar-refractivity contribution in [2.45, 2.75) is 19.6 Å². The first-order valence-corrected chi connectivity index (χ1v) is 12.6. The van der Waals surface area contributed by atoms with Crippen LogP contribution in [0.3, 0.4) is 0 Å². The fourth-order valence-electron chi connectivity index (χ4n) is 4.87. The second kappa shape index (κ2) is 10.3. The lowest BCUT2D eigenvalue weighted by atomic mass is 9.90. The molecule has 0 saturated carbocycles. The van der Waals surface area contributed by atoms with E-state index in [4.69, 9.17) is 0 Å². The molecule has 13 heteroatoms. The molecule has 1 aliphatic carbocycles. The summed E-state index contributed by atoms with van der Waals surface area (Å²) in [5.41, 5.74) is 0.675.